The summed E-state index contributed by atoms with van der Waals surface area (Å²) < 4.78 is 1.45. The average Bonchev–Trinajstić information content (AvgIpc) is 2.92. The summed E-state index contributed by atoms with van der Waals surface area (Å²) in [5, 5.41) is 1.34. The summed E-state index contributed by atoms with van der Waals surface area (Å²) in [7, 11) is 0. The molecule has 0 aliphatic rings. The number of hydrogen-bond donors (Lipinski definition) is 1. The van der Waals surface area contributed by atoms with E-state index in [1.807, 2.05) is 28.9 Å². The zero-order valence-corrected chi connectivity index (χ0v) is 15.1. The number of carbonyl (C=O) groups excluding carboxylic acids is 2. The van der Waals surface area contributed by atoms with Gasteiger partial charge in [0.25, 0.3) is 0 Å². The molecule has 0 atom stereocenters. The Morgan fingerprint density at radius 3 is 2.48 bits per heavy atom. The molecule has 0 bridgehead atoms. The standard InChI is InChI=1S/C17H12ClIN2O2/c1-10(22)21(19)16-13-8-7-12(18)9-14(13)20-15(16)17(23)11-5-3-2-4-6-11/h2-9,20H,1H3. The number of aromatic amines is 1. The van der Waals surface area contributed by atoms with Gasteiger partial charge >= 0.3 is 0 Å². The van der Waals surface area contributed by atoms with Crippen LogP contribution >= 0.6 is 34.5 Å². The van der Waals surface area contributed by atoms with Gasteiger partial charge in [0, 0.05) is 28.4 Å². The molecular weight excluding hydrogens is 427 g/mol. The van der Waals surface area contributed by atoms with E-state index in [0.29, 0.717) is 22.0 Å². The zero-order valence-electron chi connectivity index (χ0n) is 12.1. The third kappa shape index (κ3) is 2.98. The summed E-state index contributed by atoms with van der Waals surface area (Å²) in [6.07, 6.45) is 0. The molecule has 0 spiro atoms. The predicted molar refractivity (Wildman–Crippen MR) is 100 cm³/mol. The number of benzene rings is 2. The van der Waals surface area contributed by atoms with Crippen molar-refractivity contribution in [3.63, 3.8) is 0 Å². The van der Waals surface area contributed by atoms with Crippen molar-refractivity contribution in [2.24, 2.45) is 0 Å². The van der Waals surface area contributed by atoms with Crippen molar-refractivity contribution in [3.8, 4) is 0 Å². The summed E-state index contributed by atoms with van der Waals surface area (Å²) in [6.45, 7) is 1.46. The highest BCUT2D eigenvalue weighted by Gasteiger charge is 2.24. The van der Waals surface area contributed by atoms with E-state index in [1.165, 1.54) is 10.0 Å². The van der Waals surface area contributed by atoms with Crippen molar-refractivity contribution in [2.45, 2.75) is 6.92 Å². The number of halogens is 2. The van der Waals surface area contributed by atoms with Crippen molar-refractivity contribution in [2.75, 3.05) is 3.11 Å². The van der Waals surface area contributed by atoms with Gasteiger partial charge in [0.05, 0.1) is 28.6 Å². The van der Waals surface area contributed by atoms with Gasteiger partial charge in [0.1, 0.15) is 5.69 Å². The summed E-state index contributed by atoms with van der Waals surface area (Å²) in [6, 6.07) is 14.2. The molecule has 2 aromatic carbocycles. The minimum absolute atomic E-state index is 0.163. The van der Waals surface area contributed by atoms with Crippen molar-refractivity contribution in [1.29, 1.82) is 0 Å². The minimum atomic E-state index is -0.171. The van der Waals surface area contributed by atoms with Gasteiger partial charge in [-0.25, -0.2) is 3.11 Å². The van der Waals surface area contributed by atoms with Gasteiger partial charge in [0.15, 0.2) is 0 Å². The first-order valence-electron chi connectivity index (χ1n) is 6.86. The number of fused-ring (bicyclic) bond motifs is 1. The van der Waals surface area contributed by atoms with Gasteiger partial charge in [-0.15, -0.1) is 0 Å². The Morgan fingerprint density at radius 1 is 1.13 bits per heavy atom. The molecule has 3 aromatic rings. The van der Waals surface area contributed by atoms with Crippen LogP contribution < -0.4 is 3.11 Å². The number of H-pyrrole nitrogens is 1. The Balaban J connectivity index is 2.25. The van der Waals surface area contributed by atoms with Crippen molar-refractivity contribution in [3.05, 3.63) is 64.8 Å². The minimum Gasteiger partial charge on any atom is -0.350 e. The molecule has 0 saturated heterocycles. The average molecular weight is 439 g/mol. The highest BCUT2D eigenvalue weighted by atomic mass is 127. The Hall–Kier alpha value is -1.86. The lowest BCUT2D eigenvalue weighted by molar-refractivity contribution is -0.115. The summed E-state index contributed by atoms with van der Waals surface area (Å²) >= 11 is 7.94. The van der Waals surface area contributed by atoms with E-state index in [9.17, 15) is 9.59 Å². The first-order valence-corrected chi connectivity index (χ1v) is 8.21. The van der Waals surface area contributed by atoms with Crippen LogP contribution in [0.15, 0.2) is 48.5 Å². The van der Waals surface area contributed by atoms with Gasteiger partial charge in [0.2, 0.25) is 11.7 Å². The third-order valence-electron chi connectivity index (χ3n) is 3.47. The van der Waals surface area contributed by atoms with Crippen LogP contribution in [0.1, 0.15) is 23.0 Å². The monoisotopic (exact) mass is 438 g/mol. The van der Waals surface area contributed by atoms with Gasteiger partial charge < -0.3 is 4.98 Å². The number of hydrogen-bond acceptors (Lipinski definition) is 2. The van der Waals surface area contributed by atoms with E-state index in [2.05, 4.69) is 4.98 Å². The number of ketones is 1. The Labute approximate surface area is 151 Å². The SMILES string of the molecule is CC(=O)N(I)c1c(C(=O)c2ccccc2)[nH]c2cc(Cl)ccc12. The molecule has 6 heteroatoms. The molecule has 1 heterocycles. The molecule has 4 nitrogen and oxygen atoms in total. The normalized spacial score (nSPS) is 10.7. The molecule has 1 N–H and O–H groups in total. The van der Waals surface area contributed by atoms with Crippen LogP contribution in [0, 0.1) is 0 Å². The second-order valence-electron chi connectivity index (χ2n) is 5.03. The fourth-order valence-corrected chi connectivity index (χ4v) is 3.09. The van der Waals surface area contributed by atoms with Crippen LogP contribution in [0.5, 0.6) is 0 Å². The Kier molecular flexibility index (Phi) is 4.41. The van der Waals surface area contributed by atoms with Gasteiger partial charge in [-0.05, 0) is 18.2 Å². The van der Waals surface area contributed by atoms with Crippen LogP contribution in [-0.4, -0.2) is 16.7 Å². The third-order valence-corrected chi connectivity index (χ3v) is 4.87. The summed E-state index contributed by atoms with van der Waals surface area (Å²) in [4.78, 5) is 27.8. The maximum absolute atomic E-state index is 12.8. The fraction of sp³-hybridized carbons (Fsp3) is 0.0588. The van der Waals surface area contributed by atoms with E-state index >= 15 is 0 Å². The predicted octanol–water partition coefficient (Wildman–Crippen LogP) is 4.76. The van der Waals surface area contributed by atoms with E-state index in [-0.39, 0.29) is 11.7 Å². The number of carbonyl (C=O) groups is 2. The van der Waals surface area contributed by atoms with Crippen molar-refractivity contribution >= 4 is 62.7 Å². The summed E-state index contributed by atoms with van der Waals surface area (Å²) in [5.74, 6) is -0.334. The molecule has 0 unspecified atom stereocenters. The lowest BCUT2D eigenvalue weighted by Gasteiger charge is -2.13. The summed E-state index contributed by atoms with van der Waals surface area (Å²) in [5.41, 5.74) is 2.20. The van der Waals surface area contributed by atoms with Crippen molar-refractivity contribution in [1.82, 2.24) is 4.98 Å². The molecule has 0 aliphatic carbocycles. The smallest absolute Gasteiger partial charge is 0.232 e. The Bertz CT molecular complexity index is 906. The molecule has 1 amide bonds. The molecule has 0 aliphatic heterocycles. The molecule has 0 radical (unpaired) electrons. The highest BCUT2D eigenvalue weighted by Crippen LogP contribution is 2.35. The molecule has 0 fully saturated rings. The molecule has 0 saturated carbocycles. The lowest BCUT2D eigenvalue weighted by Crippen LogP contribution is -2.18. The second-order valence-corrected chi connectivity index (χ2v) is 6.43. The maximum Gasteiger partial charge on any atom is 0.232 e. The molecule has 1 aromatic heterocycles. The highest BCUT2D eigenvalue weighted by molar-refractivity contribution is 14.1. The second kappa shape index (κ2) is 6.33. The first kappa shape index (κ1) is 16.0. The van der Waals surface area contributed by atoms with Gasteiger partial charge in [-0.2, -0.15) is 0 Å². The van der Waals surface area contributed by atoms with Crippen LogP contribution in [0.3, 0.4) is 0 Å². The van der Waals surface area contributed by atoms with E-state index < -0.39 is 0 Å². The molecular formula is C17H12ClIN2O2. The van der Waals surface area contributed by atoms with Crippen LogP contribution in [0.25, 0.3) is 10.9 Å². The van der Waals surface area contributed by atoms with Gasteiger partial charge in [-0.3, -0.25) is 9.59 Å². The molecule has 3 rings (SSSR count). The first-order chi connectivity index (χ1) is 11.0. The number of nitrogens with one attached hydrogen (secondary N) is 1. The van der Waals surface area contributed by atoms with Crippen LogP contribution in [-0.2, 0) is 4.79 Å². The van der Waals surface area contributed by atoms with Crippen LogP contribution in [0.2, 0.25) is 5.02 Å². The number of aromatic nitrogens is 1. The quantitative estimate of drug-likeness (QED) is 0.364. The number of rotatable bonds is 3. The van der Waals surface area contributed by atoms with E-state index in [4.69, 9.17) is 11.6 Å². The number of nitrogens with zero attached hydrogens (tertiary/aromatic N) is 1. The van der Waals surface area contributed by atoms with E-state index in [1.54, 1.807) is 42.5 Å². The number of amides is 1. The van der Waals surface area contributed by atoms with Crippen LogP contribution in [0.4, 0.5) is 5.69 Å². The van der Waals surface area contributed by atoms with E-state index in [0.717, 1.165) is 10.9 Å². The largest absolute Gasteiger partial charge is 0.350 e. The van der Waals surface area contributed by atoms with Crippen molar-refractivity contribution < 1.29 is 9.59 Å². The van der Waals surface area contributed by atoms with Gasteiger partial charge in [-0.1, -0.05) is 41.9 Å². The zero-order chi connectivity index (χ0) is 16.6. The maximum atomic E-state index is 12.8. The Morgan fingerprint density at radius 2 is 1.83 bits per heavy atom. The molecule has 23 heavy (non-hydrogen) atoms. The lowest BCUT2D eigenvalue weighted by atomic mass is 10.1. The topological polar surface area (TPSA) is 53.2 Å². The fourth-order valence-electron chi connectivity index (χ4n) is 2.41. The molecule has 116 valence electrons. The number of anilines is 1.